The zero-order valence-electron chi connectivity index (χ0n) is 11.6. The van der Waals surface area contributed by atoms with Crippen molar-refractivity contribution in [2.45, 2.75) is 18.9 Å². The highest BCUT2D eigenvalue weighted by Crippen LogP contribution is 2.28. The molecule has 2 aromatic rings. The fourth-order valence-electron chi connectivity index (χ4n) is 2.55. The number of aromatic amines is 1. The molecule has 1 unspecified atom stereocenters. The van der Waals surface area contributed by atoms with Gasteiger partial charge in [0.15, 0.2) is 10.9 Å². The molecule has 1 atom stereocenters. The number of anilines is 1. The second-order valence-corrected chi connectivity index (χ2v) is 5.06. The van der Waals surface area contributed by atoms with E-state index in [0.29, 0.717) is 18.8 Å². The Morgan fingerprint density at radius 3 is 2.91 bits per heavy atom. The van der Waals surface area contributed by atoms with E-state index < -0.39 is 5.03 Å². The minimum Gasteiger partial charge on any atom is -0.334 e. The Morgan fingerprint density at radius 2 is 2.18 bits per heavy atom. The molecule has 1 aromatic carbocycles. The van der Waals surface area contributed by atoms with Gasteiger partial charge in [-0.25, -0.2) is 15.2 Å². The lowest BCUT2D eigenvalue weighted by atomic mass is 9.99. The van der Waals surface area contributed by atoms with Crippen molar-refractivity contribution in [1.29, 1.82) is 0 Å². The lowest BCUT2D eigenvalue weighted by molar-refractivity contribution is -0.446. The zero-order chi connectivity index (χ0) is 15.5. The number of aromatic nitrogens is 3. The predicted molar refractivity (Wildman–Crippen MR) is 76.2 cm³/mol. The van der Waals surface area contributed by atoms with Crippen molar-refractivity contribution in [1.82, 2.24) is 20.1 Å². The third-order valence-electron chi connectivity index (χ3n) is 3.55. The molecule has 1 aliphatic rings. The van der Waals surface area contributed by atoms with Crippen LogP contribution in [0.25, 0.3) is 0 Å². The molecule has 2 N–H and O–H groups in total. The third kappa shape index (κ3) is 3.03. The number of nitro groups is 1. The average molecular weight is 302 g/mol. The van der Waals surface area contributed by atoms with Gasteiger partial charge < -0.3 is 4.90 Å². The number of benzene rings is 1. The molecular formula is C13H14N6O3. The van der Waals surface area contributed by atoms with Gasteiger partial charge in [-0.1, -0.05) is 35.8 Å². The molecule has 0 aliphatic carbocycles. The highest BCUT2D eigenvalue weighted by Gasteiger charge is 2.31. The van der Waals surface area contributed by atoms with Crippen molar-refractivity contribution < 1.29 is 9.83 Å². The molecule has 2 heterocycles. The summed E-state index contributed by atoms with van der Waals surface area (Å²) in [5.74, 6) is 0.476. The number of rotatable bonds is 5. The summed E-state index contributed by atoms with van der Waals surface area (Å²) >= 11 is 0. The second-order valence-electron chi connectivity index (χ2n) is 5.06. The Kier molecular flexibility index (Phi) is 3.69. The number of amides is 1. The molecule has 3 rings (SSSR count). The summed E-state index contributed by atoms with van der Waals surface area (Å²) in [6.07, 6.45) is 0.453. The maximum atomic E-state index is 12.1. The molecule has 114 valence electrons. The van der Waals surface area contributed by atoms with Crippen LogP contribution in [0.1, 0.15) is 23.7 Å². The molecule has 1 fully saturated rings. The fourth-order valence-corrected chi connectivity index (χ4v) is 2.55. The number of carbonyl (C=O) groups is 1. The van der Waals surface area contributed by atoms with Crippen LogP contribution in [0.3, 0.4) is 0 Å². The van der Waals surface area contributed by atoms with Gasteiger partial charge in [-0.15, -0.1) is 0 Å². The van der Waals surface area contributed by atoms with Crippen molar-refractivity contribution in [2.75, 3.05) is 12.0 Å². The lowest BCUT2D eigenvalue weighted by Gasteiger charge is -2.14. The number of H-pyrrole nitrogens is 1. The van der Waals surface area contributed by atoms with E-state index in [9.17, 15) is 14.9 Å². The van der Waals surface area contributed by atoms with E-state index in [-0.39, 0.29) is 24.3 Å². The van der Waals surface area contributed by atoms with Crippen LogP contribution in [0, 0.1) is 10.1 Å². The van der Waals surface area contributed by atoms with E-state index in [1.54, 1.807) is 4.90 Å². The Morgan fingerprint density at radius 1 is 1.41 bits per heavy atom. The molecule has 0 radical (unpaired) electrons. The van der Waals surface area contributed by atoms with Crippen molar-refractivity contribution in [3.63, 3.8) is 0 Å². The number of nitrogens with one attached hydrogen (secondary N) is 2. The van der Waals surface area contributed by atoms with Gasteiger partial charge in [-0.2, -0.15) is 10.1 Å². The second kappa shape index (κ2) is 5.80. The van der Waals surface area contributed by atoms with Gasteiger partial charge in [0, 0.05) is 18.9 Å². The average Bonchev–Trinajstić information content (AvgIpc) is 3.07. The van der Waals surface area contributed by atoms with E-state index in [4.69, 9.17) is 0 Å². The summed E-state index contributed by atoms with van der Waals surface area (Å²) in [5, 5.41) is 15.9. The Bertz CT molecular complexity index is 686. The van der Waals surface area contributed by atoms with Crippen LogP contribution in [0.15, 0.2) is 30.3 Å². The molecule has 22 heavy (non-hydrogen) atoms. The third-order valence-corrected chi connectivity index (χ3v) is 3.55. The Labute approximate surface area is 125 Å². The van der Waals surface area contributed by atoms with Gasteiger partial charge >= 0.3 is 0 Å². The Balaban J connectivity index is 1.65. The van der Waals surface area contributed by atoms with E-state index in [1.807, 2.05) is 35.8 Å². The van der Waals surface area contributed by atoms with Crippen LogP contribution < -0.4 is 5.43 Å². The summed E-state index contributed by atoms with van der Waals surface area (Å²) in [7, 11) is 0. The molecule has 9 heteroatoms. The van der Waals surface area contributed by atoms with Crippen LogP contribution >= 0.6 is 0 Å². The van der Waals surface area contributed by atoms with Crippen molar-refractivity contribution in [3.8, 4) is 0 Å². The van der Waals surface area contributed by atoms with E-state index in [0.717, 1.165) is 5.56 Å². The van der Waals surface area contributed by atoms with Gasteiger partial charge in [-0.3, -0.25) is 4.79 Å². The topological polar surface area (TPSA) is 117 Å². The molecule has 1 amide bonds. The van der Waals surface area contributed by atoms with E-state index in [1.165, 1.54) is 0 Å². The molecule has 0 saturated carbocycles. The standard InChI is InChI=1S/C13H14N6O3/c20-12-6-10(9-4-2-1-3-5-9)7-18(12)8-11-14-13(16-15-11)17-19(21)22/h1-5,10H,6-8H2,(H2,14,15,16,17). The van der Waals surface area contributed by atoms with Gasteiger partial charge in [0.2, 0.25) is 5.91 Å². The predicted octanol–water partition coefficient (Wildman–Crippen LogP) is 0.924. The van der Waals surface area contributed by atoms with Gasteiger partial charge in [0.05, 0.1) is 6.54 Å². The quantitative estimate of drug-likeness (QED) is 0.626. The maximum absolute atomic E-state index is 12.1. The van der Waals surface area contributed by atoms with Crippen LogP contribution in [0.5, 0.6) is 0 Å². The highest BCUT2D eigenvalue weighted by molar-refractivity contribution is 5.79. The zero-order valence-corrected chi connectivity index (χ0v) is 11.6. The molecular weight excluding hydrogens is 288 g/mol. The van der Waals surface area contributed by atoms with Crippen LogP contribution in [0.2, 0.25) is 0 Å². The SMILES string of the molecule is O=C1CC(c2ccccc2)CN1Cc1n[nH]c(N[N+](=O)[O-])n1. The first kappa shape index (κ1) is 14.0. The van der Waals surface area contributed by atoms with Crippen LogP contribution in [-0.4, -0.2) is 37.6 Å². The largest absolute Gasteiger partial charge is 0.334 e. The molecule has 0 bridgehead atoms. The number of hydrazine groups is 1. The number of carbonyl (C=O) groups excluding carboxylic acids is 1. The fraction of sp³-hybridized carbons (Fsp3) is 0.308. The molecule has 9 nitrogen and oxygen atoms in total. The van der Waals surface area contributed by atoms with Crippen LogP contribution in [-0.2, 0) is 11.3 Å². The highest BCUT2D eigenvalue weighted by atomic mass is 16.7. The molecule has 0 spiro atoms. The number of hydrogen-bond acceptors (Lipinski definition) is 5. The molecule has 1 aromatic heterocycles. The van der Waals surface area contributed by atoms with Gasteiger partial charge in [-0.05, 0) is 5.56 Å². The summed E-state index contributed by atoms with van der Waals surface area (Å²) in [6, 6.07) is 9.86. The normalized spacial score (nSPS) is 17.7. The number of hydrogen-bond donors (Lipinski definition) is 2. The molecule has 1 saturated heterocycles. The van der Waals surface area contributed by atoms with E-state index in [2.05, 4.69) is 15.2 Å². The lowest BCUT2D eigenvalue weighted by Crippen LogP contribution is -2.25. The molecule has 1 aliphatic heterocycles. The van der Waals surface area contributed by atoms with Crippen molar-refractivity contribution in [3.05, 3.63) is 51.8 Å². The summed E-state index contributed by atoms with van der Waals surface area (Å²) in [4.78, 5) is 28.0. The minimum absolute atomic E-state index is 0.0300. The van der Waals surface area contributed by atoms with E-state index >= 15 is 0 Å². The van der Waals surface area contributed by atoms with Gasteiger partial charge in [0.25, 0.3) is 5.95 Å². The van der Waals surface area contributed by atoms with Gasteiger partial charge in [0.1, 0.15) is 0 Å². The monoisotopic (exact) mass is 302 g/mol. The first-order valence-corrected chi connectivity index (χ1v) is 6.77. The summed E-state index contributed by atoms with van der Waals surface area (Å²) < 4.78 is 0. The Hall–Kier alpha value is -2.97. The van der Waals surface area contributed by atoms with Crippen LogP contribution in [0.4, 0.5) is 5.95 Å². The smallest absolute Gasteiger partial charge is 0.281 e. The summed E-state index contributed by atoms with van der Waals surface area (Å²) in [5.41, 5.74) is 3.01. The first-order chi connectivity index (χ1) is 10.6. The summed E-state index contributed by atoms with van der Waals surface area (Å²) in [6.45, 7) is 0.827. The van der Waals surface area contributed by atoms with Crippen molar-refractivity contribution >= 4 is 11.9 Å². The maximum Gasteiger partial charge on any atom is 0.281 e. The number of likely N-dealkylation sites (tertiary alicyclic amines) is 1. The first-order valence-electron chi connectivity index (χ1n) is 6.77. The minimum atomic E-state index is -0.725. The number of nitrogens with zero attached hydrogens (tertiary/aromatic N) is 4. The van der Waals surface area contributed by atoms with Crippen molar-refractivity contribution in [2.24, 2.45) is 0 Å².